The van der Waals surface area contributed by atoms with Crippen LogP contribution in [0.15, 0.2) is 84.4 Å². The zero-order chi connectivity index (χ0) is 28.4. The largest absolute Gasteiger partial charge is 0.489 e. The summed E-state index contributed by atoms with van der Waals surface area (Å²) in [5.41, 5.74) is 4.18. The molecule has 2 heterocycles. The Bertz CT molecular complexity index is 1730. The minimum atomic E-state index is -0.943. The Morgan fingerprint density at radius 2 is 1.70 bits per heavy atom. The Morgan fingerprint density at radius 3 is 2.42 bits per heavy atom. The number of carbonyl (C=O) groups is 3. The minimum Gasteiger partial charge on any atom is -0.489 e. The number of imide groups is 2. The summed E-state index contributed by atoms with van der Waals surface area (Å²) in [6, 6.07) is 22.7. The molecule has 0 atom stereocenters. The van der Waals surface area contributed by atoms with E-state index in [4.69, 9.17) is 4.74 Å². The summed E-state index contributed by atoms with van der Waals surface area (Å²) in [7, 11) is 0. The molecule has 0 aliphatic carbocycles. The second-order valence-electron chi connectivity index (χ2n) is 9.15. The first-order chi connectivity index (χ1) is 19.3. The summed E-state index contributed by atoms with van der Waals surface area (Å²) in [5.74, 6) is -1.66. The lowest BCUT2D eigenvalue weighted by atomic mass is 10.1. The molecule has 40 heavy (non-hydrogen) atoms. The molecule has 8 nitrogen and oxygen atoms in total. The number of aryl methyl sites for hydroxylation is 1. The zero-order valence-corrected chi connectivity index (χ0v) is 21.6. The molecule has 1 saturated heterocycles. The molecule has 1 aliphatic heterocycles. The number of hydrogen-bond donors (Lipinski definition) is 1. The van der Waals surface area contributed by atoms with Crippen LogP contribution in [0.3, 0.4) is 0 Å². The van der Waals surface area contributed by atoms with E-state index < -0.39 is 23.7 Å². The van der Waals surface area contributed by atoms with Crippen LogP contribution in [0.4, 0.5) is 14.9 Å². The van der Waals surface area contributed by atoms with Crippen molar-refractivity contribution in [1.29, 1.82) is 5.26 Å². The number of aromatic nitrogens is 1. The first-order valence-electron chi connectivity index (χ1n) is 12.3. The van der Waals surface area contributed by atoms with Gasteiger partial charge in [0.05, 0.1) is 17.3 Å². The number of halogens is 1. The van der Waals surface area contributed by atoms with Gasteiger partial charge in [-0.2, -0.15) is 5.26 Å². The second kappa shape index (κ2) is 10.7. The highest BCUT2D eigenvalue weighted by atomic mass is 19.1. The van der Waals surface area contributed by atoms with Crippen LogP contribution < -0.4 is 15.0 Å². The Kier molecular flexibility index (Phi) is 7.00. The third-order valence-corrected chi connectivity index (χ3v) is 6.57. The van der Waals surface area contributed by atoms with Crippen molar-refractivity contribution in [2.45, 2.75) is 20.5 Å². The lowest BCUT2D eigenvalue weighted by Crippen LogP contribution is -2.54. The average molecular weight is 535 g/mol. The first kappa shape index (κ1) is 26.1. The molecule has 4 aromatic rings. The first-order valence-corrected chi connectivity index (χ1v) is 12.3. The van der Waals surface area contributed by atoms with Crippen LogP contribution in [0.2, 0.25) is 0 Å². The molecule has 0 unspecified atom stereocenters. The van der Waals surface area contributed by atoms with Gasteiger partial charge in [-0.15, -0.1) is 0 Å². The van der Waals surface area contributed by atoms with E-state index in [0.29, 0.717) is 16.9 Å². The standard InChI is InChI=1S/C31H23FN4O4/c1-19-14-23(15-28-29(37)34-31(39)36(30(28)38)26-9-5-8-24(32)16-26)20(2)35(19)25-10-12-27(13-11-25)40-18-22-7-4-3-6-21(22)17-33/h3-16H,18H2,1-2H3,(H,34,37,39)/b28-15+. The van der Waals surface area contributed by atoms with Crippen molar-refractivity contribution < 1.29 is 23.5 Å². The fraction of sp³-hybridized carbons (Fsp3) is 0.0968. The molecule has 0 saturated carbocycles. The van der Waals surface area contributed by atoms with Crippen molar-refractivity contribution in [2.24, 2.45) is 0 Å². The van der Waals surface area contributed by atoms with Gasteiger partial charge in [0.25, 0.3) is 11.8 Å². The molecule has 0 spiro atoms. The van der Waals surface area contributed by atoms with E-state index in [1.807, 2.05) is 60.9 Å². The number of nitrogens with one attached hydrogen (secondary N) is 1. The maximum absolute atomic E-state index is 13.8. The van der Waals surface area contributed by atoms with Crippen molar-refractivity contribution in [1.82, 2.24) is 9.88 Å². The second-order valence-corrected chi connectivity index (χ2v) is 9.15. The molecule has 1 aromatic heterocycles. The van der Waals surface area contributed by atoms with Crippen molar-refractivity contribution in [3.63, 3.8) is 0 Å². The van der Waals surface area contributed by atoms with Gasteiger partial charge in [-0.05, 0) is 80.1 Å². The van der Waals surface area contributed by atoms with E-state index >= 15 is 0 Å². The maximum atomic E-state index is 13.8. The van der Waals surface area contributed by atoms with Crippen LogP contribution in [-0.2, 0) is 16.2 Å². The van der Waals surface area contributed by atoms with Crippen LogP contribution >= 0.6 is 0 Å². The molecule has 4 amide bonds. The van der Waals surface area contributed by atoms with Crippen LogP contribution in [0, 0.1) is 31.0 Å². The highest BCUT2D eigenvalue weighted by molar-refractivity contribution is 6.39. The topological polar surface area (TPSA) is 104 Å². The van der Waals surface area contributed by atoms with Gasteiger partial charge < -0.3 is 9.30 Å². The third-order valence-electron chi connectivity index (χ3n) is 6.57. The van der Waals surface area contributed by atoms with Crippen molar-refractivity contribution in [3.8, 4) is 17.5 Å². The van der Waals surface area contributed by atoms with E-state index in [9.17, 15) is 24.0 Å². The van der Waals surface area contributed by atoms with Crippen molar-refractivity contribution in [3.05, 3.63) is 118 Å². The highest BCUT2D eigenvalue weighted by Crippen LogP contribution is 2.27. The number of benzene rings is 3. The molecular weight excluding hydrogens is 511 g/mol. The minimum absolute atomic E-state index is 0.0183. The summed E-state index contributed by atoms with van der Waals surface area (Å²) in [4.78, 5) is 39.0. The normalized spacial score (nSPS) is 14.3. The van der Waals surface area contributed by atoms with Gasteiger partial charge in [-0.1, -0.05) is 24.3 Å². The van der Waals surface area contributed by atoms with Gasteiger partial charge in [0, 0.05) is 22.6 Å². The molecule has 1 aliphatic rings. The Labute approximate surface area is 229 Å². The van der Waals surface area contributed by atoms with E-state index in [1.165, 1.54) is 24.3 Å². The molecule has 0 radical (unpaired) electrons. The fourth-order valence-electron chi connectivity index (χ4n) is 4.60. The van der Waals surface area contributed by atoms with Gasteiger partial charge in [0.1, 0.15) is 23.7 Å². The van der Waals surface area contributed by atoms with E-state index in [1.54, 1.807) is 12.1 Å². The number of ether oxygens (including phenoxy) is 1. The number of amides is 4. The van der Waals surface area contributed by atoms with Gasteiger partial charge >= 0.3 is 6.03 Å². The molecule has 1 N–H and O–H groups in total. The zero-order valence-electron chi connectivity index (χ0n) is 21.6. The predicted octanol–water partition coefficient (Wildman–Crippen LogP) is 5.35. The number of hydrogen-bond acceptors (Lipinski definition) is 5. The quantitative estimate of drug-likeness (QED) is 0.265. The summed E-state index contributed by atoms with van der Waals surface area (Å²) < 4.78 is 21.6. The van der Waals surface area contributed by atoms with Crippen LogP contribution in [0.25, 0.3) is 11.8 Å². The molecular formula is C31H23FN4O4. The molecule has 198 valence electrons. The number of nitriles is 1. The van der Waals surface area contributed by atoms with Crippen molar-refractivity contribution >= 4 is 29.6 Å². The van der Waals surface area contributed by atoms with Gasteiger partial charge in [-0.25, -0.2) is 14.1 Å². The number of carbonyl (C=O) groups excluding carboxylic acids is 3. The number of nitrogens with zero attached hydrogens (tertiary/aromatic N) is 3. The van der Waals surface area contributed by atoms with E-state index in [0.717, 1.165) is 33.6 Å². The van der Waals surface area contributed by atoms with Gasteiger partial charge in [0.15, 0.2) is 0 Å². The number of rotatable bonds is 6. The van der Waals surface area contributed by atoms with Crippen LogP contribution in [0.5, 0.6) is 5.75 Å². The Balaban J connectivity index is 1.40. The lowest BCUT2D eigenvalue weighted by molar-refractivity contribution is -0.122. The van der Waals surface area contributed by atoms with Crippen LogP contribution in [-0.4, -0.2) is 22.4 Å². The smallest absolute Gasteiger partial charge is 0.335 e. The maximum Gasteiger partial charge on any atom is 0.335 e. The molecule has 0 bridgehead atoms. The number of anilines is 1. The molecule has 3 aromatic carbocycles. The monoisotopic (exact) mass is 534 g/mol. The fourth-order valence-corrected chi connectivity index (χ4v) is 4.60. The van der Waals surface area contributed by atoms with Crippen molar-refractivity contribution in [2.75, 3.05) is 4.90 Å². The van der Waals surface area contributed by atoms with E-state index in [-0.39, 0.29) is 17.9 Å². The molecule has 5 rings (SSSR count). The van der Waals surface area contributed by atoms with Crippen LogP contribution in [0.1, 0.15) is 28.1 Å². The predicted molar refractivity (Wildman–Crippen MR) is 146 cm³/mol. The highest BCUT2D eigenvalue weighted by Gasteiger charge is 2.37. The van der Waals surface area contributed by atoms with Gasteiger partial charge in [-0.3, -0.25) is 14.9 Å². The summed E-state index contributed by atoms with van der Waals surface area (Å²) in [5, 5.41) is 11.4. The van der Waals surface area contributed by atoms with Gasteiger partial charge in [0.2, 0.25) is 0 Å². The third kappa shape index (κ3) is 4.98. The summed E-state index contributed by atoms with van der Waals surface area (Å²) in [6.07, 6.45) is 1.43. The summed E-state index contributed by atoms with van der Waals surface area (Å²) >= 11 is 0. The van der Waals surface area contributed by atoms with E-state index in [2.05, 4.69) is 11.4 Å². The number of barbiturate groups is 1. The lowest BCUT2D eigenvalue weighted by Gasteiger charge is -2.26. The Morgan fingerprint density at radius 1 is 0.950 bits per heavy atom. The summed E-state index contributed by atoms with van der Waals surface area (Å²) in [6.45, 7) is 4.00. The number of urea groups is 1. The molecule has 1 fully saturated rings. The Hall–Kier alpha value is -5.49. The average Bonchev–Trinajstić information content (AvgIpc) is 3.22. The molecule has 9 heteroatoms. The SMILES string of the molecule is Cc1cc(/C=C2\C(=O)NC(=O)N(c3cccc(F)c3)C2=O)c(C)n1-c1ccc(OCc2ccccc2C#N)cc1.